The van der Waals surface area contributed by atoms with Gasteiger partial charge in [0.15, 0.2) is 0 Å². The van der Waals surface area contributed by atoms with Crippen LogP contribution in [-0.2, 0) is 6.54 Å². The van der Waals surface area contributed by atoms with Gasteiger partial charge in [-0.15, -0.1) is 0 Å². The van der Waals surface area contributed by atoms with Crippen molar-refractivity contribution in [3.8, 4) is 11.5 Å². The molecule has 0 atom stereocenters. The molecule has 1 fully saturated rings. The molecule has 0 saturated carbocycles. The zero-order valence-corrected chi connectivity index (χ0v) is 17.9. The monoisotopic (exact) mass is 417 g/mol. The summed E-state index contributed by atoms with van der Waals surface area (Å²) in [7, 11) is 1.68. The van der Waals surface area contributed by atoms with E-state index in [1.807, 2.05) is 43.3 Å². The van der Waals surface area contributed by atoms with Crippen LogP contribution in [0.5, 0.6) is 11.5 Å². The Morgan fingerprint density at radius 1 is 1.10 bits per heavy atom. The number of hydrogen-bond donors (Lipinski definition) is 2. The molecule has 1 aliphatic heterocycles. The SMILES string of the molecule is COc1ccc(/C(C)=N\NC(=O)c2cc3ccccc3cc2O)cc1CN1CCCC1. The largest absolute Gasteiger partial charge is 0.507 e. The number of methoxy groups -OCH3 is 1. The quantitative estimate of drug-likeness (QED) is 0.463. The van der Waals surface area contributed by atoms with Gasteiger partial charge in [0.2, 0.25) is 0 Å². The minimum atomic E-state index is -0.451. The van der Waals surface area contributed by atoms with Gasteiger partial charge in [-0.25, -0.2) is 5.43 Å². The van der Waals surface area contributed by atoms with E-state index in [-0.39, 0.29) is 11.3 Å². The molecular formula is C25H27N3O3. The number of ether oxygens (including phenoxy) is 1. The second-order valence-electron chi connectivity index (χ2n) is 7.86. The number of phenolic OH excluding ortho intramolecular Hbond substituents is 1. The summed E-state index contributed by atoms with van der Waals surface area (Å²) in [6.07, 6.45) is 2.46. The molecular weight excluding hydrogens is 390 g/mol. The molecule has 0 aromatic heterocycles. The number of likely N-dealkylation sites (tertiary alicyclic amines) is 1. The molecule has 3 aromatic carbocycles. The highest BCUT2D eigenvalue weighted by atomic mass is 16.5. The number of nitrogens with one attached hydrogen (secondary N) is 1. The van der Waals surface area contributed by atoms with E-state index in [2.05, 4.69) is 21.5 Å². The Hall–Kier alpha value is -3.38. The molecule has 1 aliphatic rings. The molecule has 31 heavy (non-hydrogen) atoms. The molecule has 1 amide bonds. The summed E-state index contributed by atoms with van der Waals surface area (Å²) in [4.78, 5) is 15.1. The first-order valence-corrected chi connectivity index (χ1v) is 10.5. The van der Waals surface area contributed by atoms with Gasteiger partial charge in [-0.05, 0) is 79.5 Å². The number of carbonyl (C=O) groups excluding carboxylic acids is 1. The van der Waals surface area contributed by atoms with E-state index < -0.39 is 5.91 Å². The van der Waals surface area contributed by atoms with Gasteiger partial charge in [0.25, 0.3) is 5.91 Å². The lowest BCUT2D eigenvalue weighted by Gasteiger charge is -2.17. The normalized spacial score (nSPS) is 14.7. The van der Waals surface area contributed by atoms with E-state index in [4.69, 9.17) is 4.74 Å². The van der Waals surface area contributed by atoms with Crippen LogP contribution in [0.3, 0.4) is 0 Å². The Labute approximate surface area is 182 Å². The number of fused-ring (bicyclic) bond motifs is 1. The fourth-order valence-corrected chi connectivity index (χ4v) is 3.98. The molecule has 3 aromatic rings. The van der Waals surface area contributed by atoms with Gasteiger partial charge in [-0.1, -0.05) is 24.3 Å². The zero-order valence-electron chi connectivity index (χ0n) is 17.9. The van der Waals surface area contributed by atoms with Gasteiger partial charge in [0.05, 0.1) is 18.4 Å². The summed E-state index contributed by atoms with van der Waals surface area (Å²) in [5.41, 5.74) is 5.47. The standard InChI is InChI=1S/C25H27N3O3/c1-17(18-9-10-24(31-2)21(13-18)16-28-11-5-6-12-28)26-27-25(30)22-14-19-7-3-4-8-20(19)15-23(22)29/h3-4,7-10,13-15,29H,5-6,11-12,16H2,1-2H3,(H,27,30)/b26-17-. The topological polar surface area (TPSA) is 74.2 Å². The van der Waals surface area contributed by atoms with Gasteiger partial charge in [-0.2, -0.15) is 5.10 Å². The van der Waals surface area contributed by atoms with Crippen molar-refractivity contribution in [3.05, 3.63) is 71.3 Å². The zero-order chi connectivity index (χ0) is 21.8. The molecule has 6 heteroatoms. The Morgan fingerprint density at radius 2 is 1.81 bits per heavy atom. The Kier molecular flexibility index (Phi) is 6.18. The third-order valence-corrected chi connectivity index (χ3v) is 5.72. The maximum atomic E-state index is 12.6. The molecule has 0 bridgehead atoms. The molecule has 1 heterocycles. The van der Waals surface area contributed by atoms with E-state index in [9.17, 15) is 9.90 Å². The van der Waals surface area contributed by atoms with E-state index in [1.165, 1.54) is 12.8 Å². The summed E-state index contributed by atoms with van der Waals surface area (Å²) in [6, 6.07) is 16.8. The average molecular weight is 418 g/mol. The Bertz CT molecular complexity index is 1130. The van der Waals surface area contributed by atoms with Crippen LogP contribution < -0.4 is 10.2 Å². The molecule has 0 unspecified atom stereocenters. The molecule has 6 nitrogen and oxygen atoms in total. The second kappa shape index (κ2) is 9.18. The Balaban J connectivity index is 1.52. The Morgan fingerprint density at radius 3 is 2.52 bits per heavy atom. The van der Waals surface area contributed by atoms with E-state index in [1.54, 1.807) is 19.2 Å². The minimum Gasteiger partial charge on any atom is -0.507 e. The lowest BCUT2D eigenvalue weighted by atomic mass is 10.1. The lowest BCUT2D eigenvalue weighted by molar-refractivity contribution is 0.0952. The van der Waals surface area contributed by atoms with Crippen LogP contribution in [0.25, 0.3) is 10.8 Å². The lowest BCUT2D eigenvalue weighted by Crippen LogP contribution is -2.20. The maximum Gasteiger partial charge on any atom is 0.275 e. The van der Waals surface area contributed by atoms with Gasteiger partial charge in [-0.3, -0.25) is 9.69 Å². The van der Waals surface area contributed by atoms with Crippen molar-refractivity contribution in [2.24, 2.45) is 5.10 Å². The molecule has 160 valence electrons. The van der Waals surface area contributed by atoms with Crippen molar-refractivity contribution in [1.82, 2.24) is 10.3 Å². The number of phenols is 1. The molecule has 0 radical (unpaired) electrons. The fraction of sp³-hybridized carbons (Fsp3) is 0.280. The first-order valence-electron chi connectivity index (χ1n) is 10.5. The van der Waals surface area contributed by atoms with Gasteiger partial charge in [0, 0.05) is 12.1 Å². The third-order valence-electron chi connectivity index (χ3n) is 5.72. The summed E-state index contributed by atoms with van der Waals surface area (Å²) in [5.74, 6) is 0.336. The van der Waals surface area contributed by atoms with Crippen LogP contribution in [-0.4, -0.2) is 41.8 Å². The predicted molar refractivity (Wildman–Crippen MR) is 123 cm³/mol. The number of carbonyl (C=O) groups is 1. The fourth-order valence-electron chi connectivity index (χ4n) is 3.98. The maximum absolute atomic E-state index is 12.6. The minimum absolute atomic E-state index is 0.0681. The molecule has 0 aliphatic carbocycles. The van der Waals surface area contributed by atoms with Gasteiger partial charge >= 0.3 is 0 Å². The molecule has 1 saturated heterocycles. The highest BCUT2D eigenvalue weighted by Crippen LogP contribution is 2.26. The molecule has 2 N–H and O–H groups in total. The summed E-state index contributed by atoms with van der Waals surface area (Å²) < 4.78 is 5.53. The van der Waals surface area contributed by atoms with E-state index in [0.29, 0.717) is 5.71 Å². The van der Waals surface area contributed by atoms with Crippen LogP contribution in [0.2, 0.25) is 0 Å². The summed E-state index contributed by atoms with van der Waals surface area (Å²) in [6.45, 7) is 4.89. The van der Waals surface area contributed by atoms with Crippen molar-refractivity contribution in [2.45, 2.75) is 26.3 Å². The smallest absolute Gasteiger partial charge is 0.275 e. The molecule has 0 spiro atoms. The number of amides is 1. The number of hydrogen-bond acceptors (Lipinski definition) is 5. The number of rotatable bonds is 6. The highest BCUT2D eigenvalue weighted by Gasteiger charge is 2.16. The number of aromatic hydroxyl groups is 1. The predicted octanol–water partition coefficient (Wildman–Crippen LogP) is 4.30. The molecule has 4 rings (SSSR count). The van der Waals surface area contributed by atoms with Gasteiger partial charge < -0.3 is 9.84 Å². The van der Waals surface area contributed by atoms with E-state index >= 15 is 0 Å². The van der Waals surface area contributed by atoms with Crippen molar-refractivity contribution in [1.29, 1.82) is 0 Å². The van der Waals surface area contributed by atoms with Crippen LogP contribution in [0.1, 0.15) is 41.3 Å². The van der Waals surface area contributed by atoms with Crippen molar-refractivity contribution >= 4 is 22.4 Å². The van der Waals surface area contributed by atoms with E-state index in [0.717, 1.165) is 47.3 Å². The first kappa shape index (κ1) is 20.9. The second-order valence-corrected chi connectivity index (χ2v) is 7.86. The van der Waals surface area contributed by atoms with Crippen molar-refractivity contribution < 1.29 is 14.6 Å². The number of benzene rings is 3. The number of hydrazone groups is 1. The van der Waals surface area contributed by atoms with Crippen molar-refractivity contribution in [3.63, 3.8) is 0 Å². The van der Waals surface area contributed by atoms with Crippen LogP contribution >= 0.6 is 0 Å². The first-order chi connectivity index (χ1) is 15.0. The van der Waals surface area contributed by atoms with Crippen LogP contribution in [0.4, 0.5) is 0 Å². The van der Waals surface area contributed by atoms with Crippen LogP contribution in [0.15, 0.2) is 59.7 Å². The van der Waals surface area contributed by atoms with Crippen LogP contribution in [0, 0.1) is 0 Å². The summed E-state index contributed by atoms with van der Waals surface area (Å²) in [5, 5.41) is 16.3. The third kappa shape index (κ3) is 4.70. The number of nitrogens with zero attached hydrogens (tertiary/aromatic N) is 2. The average Bonchev–Trinajstić information content (AvgIpc) is 3.29. The van der Waals surface area contributed by atoms with Crippen molar-refractivity contribution in [2.75, 3.05) is 20.2 Å². The highest BCUT2D eigenvalue weighted by molar-refractivity contribution is 6.03. The van der Waals surface area contributed by atoms with Gasteiger partial charge in [0.1, 0.15) is 11.5 Å². The summed E-state index contributed by atoms with van der Waals surface area (Å²) >= 11 is 0.